The molecule has 0 saturated heterocycles. The molecule has 1 aromatic rings. The maximum absolute atomic E-state index is 12.1. The van der Waals surface area contributed by atoms with E-state index in [0.717, 1.165) is 6.20 Å². The van der Waals surface area contributed by atoms with E-state index in [-0.39, 0.29) is 24.2 Å². The zero-order chi connectivity index (χ0) is 13.1. The summed E-state index contributed by atoms with van der Waals surface area (Å²) in [6.07, 6.45) is -4.31. The van der Waals surface area contributed by atoms with Crippen molar-refractivity contribution in [2.45, 2.75) is 19.3 Å². The van der Waals surface area contributed by atoms with Gasteiger partial charge in [-0.15, -0.1) is 13.2 Å². The van der Waals surface area contributed by atoms with Crippen molar-refractivity contribution in [3.05, 3.63) is 17.5 Å². The molecule has 0 unspecified atom stereocenters. The van der Waals surface area contributed by atoms with Crippen LogP contribution in [0, 0.1) is 11.3 Å². The van der Waals surface area contributed by atoms with Crippen LogP contribution >= 0.6 is 0 Å². The topological polar surface area (TPSA) is 92.2 Å². The van der Waals surface area contributed by atoms with Crippen LogP contribution in [0.4, 0.5) is 13.2 Å². The number of ether oxygens (including phenoxy) is 1. The standard InChI is InChI=1S/C9H8F3N3O2/c10-9(11,12)17-8-5(1-2-13)4-15-6(3-14)7(8)16/h4,16H,1,3,14H2. The summed E-state index contributed by atoms with van der Waals surface area (Å²) in [7, 11) is 0. The molecule has 5 nitrogen and oxygen atoms in total. The van der Waals surface area contributed by atoms with Gasteiger partial charge in [0.1, 0.15) is 0 Å². The van der Waals surface area contributed by atoms with E-state index in [0.29, 0.717) is 0 Å². The largest absolute Gasteiger partial charge is 0.573 e. The van der Waals surface area contributed by atoms with Crippen LogP contribution in [0.1, 0.15) is 11.3 Å². The van der Waals surface area contributed by atoms with Crippen LogP contribution in [0.3, 0.4) is 0 Å². The van der Waals surface area contributed by atoms with Crippen molar-refractivity contribution in [3.63, 3.8) is 0 Å². The summed E-state index contributed by atoms with van der Waals surface area (Å²) in [6, 6.07) is 1.65. The summed E-state index contributed by atoms with van der Waals surface area (Å²) < 4.78 is 40.0. The van der Waals surface area contributed by atoms with Gasteiger partial charge in [0.15, 0.2) is 11.5 Å². The minimum absolute atomic E-state index is 0.133. The number of aromatic hydroxyl groups is 1. The molecule has 1 rings (SSSR count). The molecule has 8 heteroatoms. The number of hydrogen-bond donors (Lipinski definition) is 2. The van der Waals surface area contributed by atoms with Gasteiger partial charge in [-0.05, 0) is 0 Å². The van der Waals surface area contributed by atoms with Crippen molar-refractivity contribution < 1.29 is 23.0 Å². The van der Waals surface area contributed by atoms with Crippen LogP contribution in [0.5, 0.6) is 11.5 Å². The number of nitriles is 1. The molecule has 0 aliphatic rings. The predicted molar refractivity (Wildman–Crippen MR) is 49.8 cm³/mol. The lowest BCUT2D eigenvalue weighted by atomic mass is 10.1. The maximum atomic E-state index is 12.1. The molecule has 0 saturated carbocycles. The van der Waals surface area contributed by atoms with Gasteiger partial charge in [-0.3, -0.25) is 4.98 Å². The van der Waals surface area contributed by atoms with Crippen LogP contribution in [-0.4, -0.2) is 16.5 Å². The molecule has 0 amide bonds. The fourth-order valence-corrected chi connectivity index (χ4v) is 1.15. The summed E-state index contributed by atoms with van der Waals surface area (Å²) in [5, 5.41) is 17.9. The number of aromatic nitrogens is 1. The molecular formula is C9H8F3N3O2. The summed E-state index contributed by atoms with van der Waals surface area (Å²) in [5.41, 5.74) is 4.90. The lowest BCUT2D eigenvalue weighted by Gasteiger charge is -2.14. The molecule has 0 aromatic carbocycles. The molecule has 0 fully saturated rings. The van der Waals surface area contributed by atoms with Gasteiger partial charge in [-0.1, -0.05) is 0 Å². The van der Waals surface area contributed by atoms with Gasteiger partial charge in [0.05, 0.1) is 18.2 Å². The Bertz CT molecular complexity index is 454. The van der Waals surface area contributed by atoms with E-state index in [2.05, 4.69) is 9.72 Å². The lowest BCUT2D eigenvalue weighted by molar-refractivity contribution is -0.275. The zero-order valence-corrected chi connectivity index (χ0v) is 8.45. The van der Waals surface area contributed by atoms with Crippen molar-refractivity contribution in [2.75, 3.05) is 0 Å². The smallest absolute Gasteiger partial charge is 0.503 e. The van der Waals surface area contributed by atoms with E-state index in [1.54, 1.807) is 6.07 Å². The quantitative estimate of drug-likeness (QED) is 0.837. The normalized spacial score (nSPS) is 11.0. The minimum Gasteiger partial charge on any atom is -0.503 e. The molecule has 1 aromatic heterocycles. The van der Waals surface area contributed by atoms with E-state index in [1.165, 1.54) is 0 Å². The van der Waals surface area contributed by atoms with Crippen LogP contribution in [0.2, 0.25) is 0 Å². The van der Waals surface area contributed by atoms with Gasteiger partial charge < -0.3 is 15.6 Å². The molecule has 92 valence electrons. The second kappa shape index (κ2) is 4.88. The second-order valence-corrected chi connectivity index (χ2v) is 2.99. The number of nitrogens with zero attached hydrogens (tertiary/aromatic N) is 2. The molecule has 0 spiro atoms. The van der Waals surface area contributed by atoms with Crippen molar-refractivity contribution >= 4 is 0 Å². The summed E-state index contributed by atoms with van der Waals surface area (Å²) in [6.45, 7) is -0.243. The van der Waals surface area contributed by atoms with E-state index in [9.17, 15) is 18.3 Å². The minimum atomic E-state index is -4.96. The van der Waals surface area contributed by atoms with Crippen molar-refractivity contribution in [1.82, 2.24) is 4.98 Å². The molecule has 0 bridgehead atoms. The lowest BCUT2D eigenvalue weighted by Crippen LogP contribution is -2.19. The third-order valence-corrected chi connectivity index (χ3v) is 1.84. The Labute approximate surface area is 94.2 Å². The predicted octanol–water partition coefficient (Wildman–Crippen LogP) is 1.21. The van der Waals surface area contributed by atoms with E-state index in [1.807, 2.05) is 0 Å². The summed E-state index contributed by atoms with van der Waals surface area (Å²) in [4.78, 5) is 3.63. The number of nitrogens with two attached hydrogens (primary N) is 1. The third kappa shape index (κ3) is 3.22. The van der Waals surface area contributed by atoms with Gasteiger partial charge in [0.2, 0.25) is 0 Å². The number of rotatable bonds is 3. The molecular weight excluding hydrogens is 239 g/mol. The maximum Gasteiger partial charge on any atom is 0.573 e. The van der Waals surface area contributed by atoms with Gasteiger partial charge in [0, 0.05) is 18.3 Å². The van der Waals surface area contributed by atoms with Gasteiger partial charge in [-0.25, -0.2) is 0 Å². The van der Waals surface area contributed by atoms with E-state index in [4.69, 9.17) is 11.0 Å². The number of alkyl halides is 3. The van der Waals surface area contributed by atoms with Crippen LogP contribution in [0.25, 0.3) is 0 Å². The summed E-state index contributed by atoms with van der Waals surface area (Å²) in [5.74, 6) is -1.62. The molecule has 3 N–H and O–H groups in total. The first-order chi connectivity index (χ1) is 7.89. The Kier molecular flexibility index (Phi) is 3.75. The van der Waals surface area contributed by atoms with Crippen molar-refractivity contribution in [2.24, 2.45) is 5.73 Å². The molecule has 0 radical (unpaired) electrons. The van der Waals surface area contributed by atoms with Gasteiger partial charge in [0.25, 0.3) is 0 Å². The van der Waals surface area contributed by atoms with Crippen LogP contribution < -0.4 is 10.5 Å². The Balaban J connectivity index is 3.25. The first-order valence-corrected chi connectivity index (χ1v) is 4.41. The highest BCUT2D eigenvalue weighted by molar-refractivity contribution is 5.48. The van der Waals surface area contributed by atoms with Crippen molar-refractivity contribution in [1.29, 1.82) is 5.26 Å². The highest BCUT2D eigenvalue weighted by atomic mass is 19.4. The Hall–Kier alpha value is -2.01. The summed E-state index contributed by atoms with van der Waals surface area (Å²) >= 11 is 0. The molecule has 0 aliphatic carbocycles. The SMILES string of the molecule is N#CCc1cnc(CN)c(O)c1OC(F)(F)F. The van der Waals surface area contributed by atoms with E-state index >= 15 is 0 Å². The van der Waals surface area contributed by atoms with Crippen LogP contribution in [0.15, 0.2) is 6.20 Å². The Morgan fingerprint density at radius 1 is 1.53 bits per heavy atom. The van der Waals surface area contributed by atoms with E-state index < -0.39 is 17.9 Å². The zero-order valence-electron chi connectivity index (χ0n) is 8.45. The first kappa shape index (κ1) is 13.1. The monoisotopic (exact) mass is 247 g/mol. The number of halogens is 3. The fourth-order valence-electron chi connectivity index (χ4n) is 1.15. The Morgan fingerprint density at radius 3 is 2.65 bits per heavy atom. The second-order valence-electron chi connectivity index (χ2n) is 2.99. The number of hydrogen-bond acceptors (Lipinski definition) is 5. The van der Waals surface area contributed by atoms with Gasteiger partial charge >= 0.3 is 6.36 Å². The first-order valence-electron chi connectivity index (χ1n) is 4.41. The average Bonchev–Trinajstić information content (AvgIpc) is 2.22. The third-order valence-electron chi connectivity index (χ3n) is 1.84. The molecule has 0 atom stereocenters. The average molecular weight is 247 g/mol. The number of pyridine rings is 1. The molecule has 0 aliphatic heterocycles. The fraction of sp³-hybridized carbons (Fsp3) is 0.333. The molecule has 1 heterocycles. The van der Waals surface area contributed by atoms with Gasteiger partial charge in [-0.2, -0.15) is 5.26 Å². The highest BCUT2D eigenvalue weighted by Gasteiger charge is 2.34. The Morgan fingerprint density at radius 2 is 2.18 bits per heavy atom. The highest BCUT2D eigenvalue weighted by Crippen LogP contribution is 2.36. The van der Waals surface area contributed by atoms with Crippen molar-refractivity contribution in [3.8, 4) is 17.6 Å². The molecule has 17 heavy (non-hydrogen) atoms. The van der Waals surface area contributed by atoms with Crippen LogP contribution in [-0.2, 0) is 13.0 Å².